The summed E-state index contributed by atoms with van der Waals surface area (Å²) < 4.78 is 5.13. The lowest BCUT2D eigenvalue weighted by molar-refractivity contribution is -0.146. The summed E-state index contributed by atoms with van der Waals surface area (Å²) in [5, 5.41) is 0. The van der Waals surface area contributed by atoms with E-state index in [1.807, 2.05) is 44.2 Å². The highest BCUT2D eigenvalue weighted by Crippen LogP contribution is 2.59. The van der Waals surface area contributed by atoms with Gasteiger partial charge in [-0.25, -0.2) is 0 Å². The Kier molecular flexibility index (Phi) is 2.88. The maximum Gasteiger partial charge on any atom is 0.324 e. The summed E-state index contributed by atoms with van der Waals surface area (Å²) in [6.07, 6.45) is 1.68. The first-order chi connectivity index (χ1) is 8.18. The smallest absolute Gasteiger partial charge is 0.324 e. The Morgan fingerprint density at radius 1 is 1.41 bits per heavy atom. The van der Waals surface area contributed by atoms with Crippen molar-refractivity contribution < 1.29 is 9.53 Å². The van der Waals surface area contributed by atoms with Crippen molar-refractivity contribution >= 4 is 11.5 Å². The fourth-order valence-corrected chi connectivity index (χ4v) is 2.31. The van der Waals surface area contributed by atoms with Crippen LogP contribution in [-0.2, 0) is 9.53 Å². The maximum atomic E-state index is 12.0. The number of benzene rings is 1. The summed E-state index contributed by atoms with van der Waals surface area (Å²) >= 11 is 0. The van der Waals surface area contributed by atoms with Crippen LogP contribution in [0.5, 0.6) is 0 Å². The van der Waals surface area contributed by atoms with E-state index < -0.39 is 5.41 Å². The highest BCUT2D eigenvalue weighted by Gasteiger charge is 2.56. The Labute approximate surface area is 102 Å². The van der Waals surface area contributed by atoms with Crippen molar-refractivity contribution in [1.82, 2.24) is 0 Å². The van der Waals surface area contributed by atoms with Crippen molar-refractivity contribution in [1.29, 1.82) is 0 Å². The predicted molar refractivity (Wildman–Crippen MR) is 68.3 cm³/mol. The number of carbonyl (C=O) groups excluding carboxylic acids is 1. The normalized spacial score (nSPS) is 22.2. The van der Waals surface area contributed by atoms with Gasteiger partial charge in [0.15, 0.2) is 0 Å². The van der Waals surface area contributed by atoms with Gasteiger partial charge in [0.25, 0.3) is 0 Å². The predicted octanol–water partition coefficient (Wildman–Crippen LogP) is 3.21. The minimum atomic E-state index is -0.683. The van der Waals surface area contributed by atoms with Crippen molar-refractivity contribution in [2.24, 2.45) is 5.41 Å². The van der Waals surface area contributed by atoms with Gasteiger partial charge < -0.3 is 4.74 Å². The van der Waals surface area contributed by atoms with E-state index >= 15 is 0 Å². The van der Waals surface area contributed by atoms with Crippen molar-refractivity contribution in [2.45, 2.75) is 13.8 Å². The molecule has 0 spiro atoms. The second-order valence-corrected chi connectivity index (χ2v) is 4.10. The summed E-state index contributed by atoms with van der Waals surface area (Å²) in [5.41, 5.74) is 2.46. The molecule has 0 aromatic heterocycles. The summed E-state index contributed by atoms with van der Waals surface area (Å²) in [7, 11) is 0. The molecule has 0 saturated carbocycles. The molecule has 0 bridgehead atoms. The van der Waals surface area contributed by atoms with Crippen LogP contribution in [0.15, 0.2) is 48.6 Å². The van der Waals surface area contributed by atoms with Crippen LogP contribution in [0.4, 0.5) is 0 Å². The molecule has 2 heteroatoms. The molecular weight excluding hydrogens is 212 g/mol. The number of carbonyl (C=O) groups is 1. The van der Waals surface area contributed by atoms with Crippen LogP contribution < -0.4 is 0 Å². The SMILES string of the molecule is C=CC1(C(=O)OCC)C(C)=C1c1ccccc1. The first-order valence-corrected chi connectivity index (χ1v) is 5.76. The average Bonchev–Trinajstić information content (AvgIpc) is 2.97. The Morgan fingerprint density at radius 3 is 2.59 bits per heavy atom. The third-order valence-electron chi connectivity index (χ3n) is 3.26. The van der Waals surface area contributed by atoms with E-state index in [2.05, 4.69) is 6.58 Å². The molecule has 0 aliphatic heterocycles. The lowest BCUT2D eigenvalue weighted by Crippen LogP contribution is -2.21. The maximum absolute atomic E-state index is 12.0. The fraction of sp³-hybridized carbons (Fsp3) is 0.267. The first kappa shape index (κ1) is 11.6. The van der Waals surface area contributed by atoms with Gasteiger partial charge in [-0.2, -0.15) is 0 Å². The van der Waals surface area contributed by atoms with Gasteiger partial charge >= 0.3 is 5.97 Å². The molecule has 1 atom stereocenters. The standard InChI is InChI=1S/C15H16O2/c1-4-15(14(16)17-5-2)11(3)13(15)12-9-7-6-8-10-12/h4,6-10H,1,5H2,2-3H3. The fourth-order valence-electron chi connectivity index (χ4n) is 2.31. The Morgan fingerprint density at radius 2 is 2.06 bits per heavy atom. The second kappa shape index (κ2) is 4.21. The van der Waals surface area contributed by atoms with E-state index in [1.54, 1.807) is 6.08 Å². The van der Waals surface area contributed by atoms with E-state index in [9.17, 15) is 4.79 Å². The largest absolute Gasteiger partial charge is 0.465 e. The molecule has 0 N–H and O–H groups in total. The Hall–Kier alpha value is -1.83. The van der Waals surface area contributed by atoms with Crippen LogP contribution >= 0.6 is 0 Å². The van der Waals surface area contributed by atoms with E-state index in [-0.39, 0.29) is 5.97 Å². The van der Waals surface area contributed by atoms with Gasteiger partial charge in [-0.3, -0.25) is 4.79 Å². The molecule has 1 unspecified atom stereocenters. The average molecular weight is 228 g/mol. The minimum Gasteiger partial charge on any atom is -0.465 e. The van der Waals surface area contributed by atoms with Gasteiger partial charge in [0.05, 0.1) is 6.61 Å². The van der Waals surface area contributed by atoms with Crippen LogP contribution in [0.3, 0.4) is 0 Å². The summed E-state index contributed by atoms with van der Waals surface area (Å²) in [5.74, 6) is -0.216. The van der Waals surface area contributed by atoms with Crippen molar-refractivity contribution in [3.63, 3.8) is 0 Å². The molecule has 1 aliphatic carbocycles. The summed E-state index contributed by atoms with van der Waals surface area (Å²) in [4.78, 5) is 12.0. The number of hydrogen-bond donors (Lipinski definition) is 0. The monoisotopic (exact) mass is 228 g/mol. The van der Waals surface area contributed by atoms with E-state index in [0.29, 0.717) is 6.61 Å². The molecule has 17 heavy (non-hydrogen) atoms. The molecule has 88 valence electrons. The van der Waals surface area contributed by atoms with Gasteiger partial charge in [-0.05, 0) is 30.6 Å². The number of esters is 1. The van der Waals surface area contributed by atoms with Crippen LogP contribution in [0.2, 0.25) is 0 Å². The van der Waals surface area contributed by atoms with Crippen LogP contribution in [0.1, 0.15) is 19.4 Å². The molecule has 2 nitrogen and oxygen atoms in total. The Bertz CT molecular complexity index is 485. The van der Waals surface area contributed by atoms with Crippen LogP contribution in [-0.4, -0.2) is 12.6 Å². The van der Waals surface area contributed by atoms with Gasteiger partial charge in [0, 0.05) is 0 Å². The molecule has 0 fully saturated rings. The highest BCUT2D eigenvalue weighted by atomic mass is 16.5. The lowest BCUT2D eigenvalue weighted by Gasteiger charge is -2.13. The molecule has 0 saturated heterocycles. The zero-order chi connectivity index (χ0) is 12.5. The third-order valence-corrected chi connectivity index (χ3v) is 3.26. The van der Waals surface area contributed by atoms with Gasteiger partial charge in [-0.1, -0.05) is 36.4 Å². The minimum absolute atomic E-state index is 0.216. The van der Waals surface area contributed by atoms with Gasteiger partial charge in [0.1, 0.15) is 5.41 Å². The van der Waals surface area contributed by atoms with Crippen molar-refractivity contribution in [2.75, 3.05) is 6.61 Å². The van der Waals surface area contributed by atoms with E-state index in [1.165, 1.54) is 0 Å². The van der Waals surface area contributed by atoms with Crippen molar-refractivity contribution in [3.05, 3.63) is 54.1 Å². The molecule has 0 amide bonds. The number of ether oxygens (including phenoxy) is 1. The van der Waals surface area contributed by atoms with Gasteiger partial charge in [0.2, 0.25) is 0 Å². The number of hydrogen-bond acceptors (Lipinski definition) is 2. The molecule has 1 aromatic carbocycles. The third kappa shape index (κ3) is 1.60. The molecule has 0 radical (unpaired) electrons. The molecule has 2 rings (SSSR count). The molecule has 0 heterocycles. The van der Waals surface area contributed by atoms with Crippen LogP contribution in [0.25, 0.3) is 5.57 Å². The van der Waals surface area contributed by atoms with Crippen molar-refractivity contribution in [3.8, 4) is 0 Å². The molecule has 1 aliphatic rings. The zero-order valence-corrected chi connectivity index (χ0v) is 10.2. The lowest BCUT2D eigenvalue weighted by atomic mass is 9.95. The first-order valence-electron chi connectivity index (χ1n) is 5.76. The highest BCUT2D eigenvalue weighted by molar-refractivity contribution is 6.11. The molecular formula is C15H16O2. The molecule has 1 aromatic rings. The summed E-state index contributed by atoms with van der Waals surface area (Å²) in [6.45, 7) is 7.95. The second-order valence-electron chi connectivity index (χ2n) is 4.10. The topological polar surface area (TPSA) is 26.3 Å². The van der Waals surface area contributed by atoms with Crippen LogP contribution in [0, 0.1) is 5.41 Å². The zero-order valence-electron chi connectivity index (χ0n) is 10.2. The Balaban J connectivity index is 2.32. The quantitative estimate of drug-likeness (QED) is 0.584. The van der Waals surface area contributed by atoms with Gasteiger partial charge in [-0.15, -0.1) is 6.58 Å². The van der Waals surface area contributed by atoms with E-state index in [4.69, 9.17) is 4.74 Å². The summed E-state index contributed by atoms with van der Waals surface area (Å²) in [6, 6.07) is 9.90. The van der Waals surface area contributed by atoms with E-state index in [0.717, 1.165) is 16.7 Å². The number of rotatable bonds is 4.